The maximum absolute atomic E-state index is 5.06. The van der Waals surface area contributed by atoms with Gasteiger partial charge in [-0.25, -0.2) is 15.0 Å². The number of benzene rings is 5. The Morgan fingerprint density at radius 3 is 1.38 bits per heavy atom. The molecule has 0 unspecified atom stereocenters. The van der Waals surface area contributed by atoms with E-state index in [0.29, 0.717) is 17.5 Å². The van der Waals surface area contributed by atoms with Crippen LogP contribution in [0, 0.1) is 13.8 Å². The molecule has 0 atom stereocenters. The third-order valence-electron chi connectivity index (χ3n) is 8.23. The van der Waals surface area contributed by atoms with Gasteiger partial charge in [-0.05, 0) is 96.6 Å². The Bertz CT molecular complexity index is 2160. The Kier molecular flexibility index (Phi) is 15.1. The molecule has 0 spiro atoms. The van der Waals surface area contributed by atoms with E-state index >= 15 is 0 Å². The molecule has 0 amide bonds. The van der Waals surface area contributed by atoms with Crippen LogP contribution in [-0.2, 0) is 0 Å². The zero-order chi connectivity index (χ0) is 38.2. The molecule has 7 rings (SSSR count). The topological polar surface area (TPSA) is 51.6 Å². The van der Waals surface area contributed by atoms with Crippen molar-refractivity contribution in [2.75, 3.05) is 0 Å². The number of pyridine rings is 1. The number of aryl methyl sites for hydroxylation is 2. The molecule has 0 aliphatic heterocycles. The summed E-state index contributed by atoms with van der Waals surface area (Å²) in [4.78, 5) is 19.8. The fourth-order valence-electron chi connectivity index (χ4n) is 5.77. The highest BCUT2D eigenvalue weighted by molar-refractivity contribution is 5.82. The fraction of sp³-hybridized carbons (Fsp3) is 0.184. The standard InChI is InChI=1S/C43H34N4.3C2H6/c1-4-13-33-24-35(23-22-29(33)2)38-26-37(34-19-12-20-36(25-34)40-21-11-14-30(3)44-40)27-39(28-38)43-46-41(31-15-7-5-8-16-31)45-42(47-43)32-17-9-6-10-18-32;3*1-2/h4-28H,1-3H3;3*1-2H3/b13-4-;;;. The number of nitrogens with zero attached hydrogens (tertiary/aromatic N) is 4. The molecule has 0 bridgehead atoms. The molecule has 0 fully saturated rings. The van der Waals surface area contributed by atoms with Gasteiger partial charge >= 0.3 is 0 Å². The predicted molar refractivity (Wildman–Crippen MR) is 228 cm³/mol. The van der Waals surface area contributed by atoms with Crippen LogP contribution in [-0.4, -0.2) is 19.9 Å². The normalized spacial score (nSPS) is 10.3. The average molecular weight is 697 g/mol. The summed E-state index contributed by atoms with van der Waals surface area (Å²) in [5.74, 6) is 1.90. The SMILES string of the molecule is C/C=C\c1cc(-c2cc(-c3cccc(-c4cccc(C)n4)c3)cc(-c3nc(-c4ccccc4)nc(-c4ccccc4)n3)c2)ccc1C.CC.CC.CC. The molecular formula is C49H52N4. The number of aromatic nitrogens is 4. The van der Waals surface area contributed by atoms with Gasteiger partial charge in [0.05, 0.1) is 5.69 Å². The Morgan fingerprint density at radius 2 is 0.830 bits per heavy atom. The maximum atomic E-state index is 5.06. The molecule has 7 aromatic rings. The first-order valence-electron chi connectivity index (χ1n) is 18.8. The van der Waals surface area contributed by atoms with Crippen LogP contribution in [0.2, 0.25) is 0 Å². The van der Waals surface area contributed by atoms with Crippen LogP contribution in [0.3, 0.4) is 0 Å². The largest absolute Gasteiger partial charge is 0.253 e. The van der Waals surface area contributed by atoms with Crippen LogP contribution in [0.4, 0.5) is 0 Å². The molecule has 4 nitrogen and oxygen atoms in total. The molecule has 2 aromatic heterocycles. The summed E-state index contributed by atoms with van der Waals surface area (Å²) >= 11 is 0. The number of rotatable bonds is 7. The van der Waals surface area contributed by atoms with Gasteiger partial charge in [-0.2, -0.15) is 0 Å². The van der Waals surface area contributed by atoms with Crippen molar-refractivity contribution in [3.8, 4) is 67.7 Å². The molecule has 0 radical (unpaired) electrons. The highest BCUT2D eigenvalue weighted by atomic mass is 15.0. The van der Waals surface area contributed by atoms with Crippen LogP contribution in [0.15, 0.2) is 146 Å². The van der Waals surface area contributed by atoms with Crippen LogP contribution in [0.1, 0.15) is 65.3 Å². The lowest BCUT2D eigenvalue weighted by Crippen LogP contribution is -2.00. The fourth-order valence-corrected chi connectivity index (χ4v) is 5.77. The lowest BCUT2D eigenvalue weighted by molar-refractivity contribution is 1.07. The van der Waals surface area contributed by atoms with Crippen molar-refractivity contribution in [1.29, 1.82) is 0 Å². The molecule has 2 heterocycles. The van der Waals surface area contributed by atoms with Crippen LogP contribution < -0.4 is 0 Å². The van der Waals surface area contributed by atoms with Crippen molar-refractivity contribution in [2.45, 2.75) is 62.3 Å². The minimum absolute atomic E-state index is 0.623. The second-order valence-corrected chi connectivity index (χ2v) is 11.7. The van der Waals surface area contributed by atoms with Crippen molar-refractivity contribution in [3.05, 3.63) is 162 Å². The quantitative estimate of drug-likeness (QED) is 0.166. The van der Waals surface area contributed by atoms with E-state index in [0.717, 1.165) is 55.9 Å². The highest BCUT2D eigenvalue weighted by Crippen LogP contribution is 2.35. The first-order chi connectivity index (χ1) is 26.0. The molecule has 0 aliphatic carbocycles. The maximum Gasteiger partial charge on any atom is 0.164 e. The molecule has 0 saturated heterocycles. The first-order valence-corrected chi connectivity index (χ1v) is 18.8. The Hall–Kier alpha value is -6.00. The van der Waals surface area contributed by atoms with Crippen molar-refractivity contribution in [1.82, 2.24) is 19.9 Å². The zero-order valence-electron chi connectivity index (χ0n) is 32.7. The van der Waals surface area contributed by atoms with Gasteiger partial charge in [0.15, 0.2) is 17.5 Å². The average Bonchev–Trinajstić information content (AvgIpc) is 3.24. The van der Waals surface area contributed by atoms with Gasteiger partial charge < -0.3 is 0 Å². The summed E-state index contributed by atoms with van der Waals surface area (Å²) in [5.41, 5.74) is 12.6. The molecule has 5 aromatic carbocycles. The molecule has 0 aliphatic rings. The smallest absolute Gasteiger partial charge is 0.164 e. The summed E-state index contributed by atoms with van der Waals surface area (Å²) in [5, 5.41) is 0. The van der Waals surface area contributed by atoms with Crippen LogP contribution >= 0.6 is 0 Å². The van der Waals surface area contributed by atoms with Crippen LogP contribution in [0.5, 0.6) is 0 Å². The van der Waals surface area contributed by atoms with Gasteiger partial charge in [0, 0.05) is 27.9 Å². The molecule has 268 valence electrons. The van der Waals surface area contributed by atoms with E-state index in [1.807, 2.05) is 115 Å². The highest BCUT2D eigenvalue weighted by Gasteiger charge is 2.15. The summed E-state index contributed by atoms with van der Waals surface area (Å²) in [6.07, 6.45) is 4.24. The van der Waals surface area contributed by atoms with E-state index in [9.17, 15) is 0 Å². The lowest BCUT2D eigenvalue weighted by Gasteiger charge is -2.14. The third kappa shape index (κ3) is 10.1. The van der Waals surface area contributed by atoms with E-state index in [1.165, 1.54) is 11.1 Å². The minimum atomic E-state index is 0.623. The summed E-state index contributed by atoms with van der Waals surface area (Å²) < 4.78 is 0. The van der Waals surface area contributed by atoms with Gasteiger partial charge in [0.1, 0.15) is 0 Å². The van der Waals surface area contributed by atoms with E-state index in [1.54, 1.807) is 0 Å². The minimum Gasteiger partial charge on any atom is -0.253 e. The van der Waals surface area contributed by atoms with Gasteiger partial charge in [0.2, 0.25) is 0 Å². The number of hydrogen-bond donors (Lipinski definition) is 0. The molecule has 0 saturated carbocycles. The van der Waals surface area contributed by atoms with Crippen molar-refractivity contribution in [2.24, 2.45) is 0 Å². The number of hydrogen-bond acceptors (Lipinski definition) is 4. The van der Waals surface area contributed by atoms with Gasteiger partial charge in [-0.3, -0.25) is 4.98 Å². The van der Waals surface area contributed by atoms with Crippen LogP contribution in [0.25, 0.3) is 73.8 Å². The lowest BCUT2D eigenvalue weighted by atomic mass is 9.93. The van der Waals surface area contributed by atoms with Gasteiger partial charge in [-0.1, -0.05) is 151 Å². The van der Waals surface area contributed by atoms with Crippen molar-refractivity contribution >= 4 is 6.08 Å². The summed E-state index contributed by atoms with van der Waals surface area (Å²) in [6.45, 7) is 18.2. The van der Waals surface area contributed by atoms with E-state index in [2.05, 4.69) is 98.8 Å². The Balaban J connectivity index is 0.000000996. The van der Waals surface area contributed by atoms with Crippen molar-refractivity contribution in [3.63, 3.8) is 0 Å². The second-order valence-electron chi connectivity index (χ2n) is 11.7. The van der Waals surface area contributed by atoms with E-state index < -0.39 is 0 Å². The predicted octanol–water partition coefficient (Wildman–Crippen LogP) is 14.0. The first kappa shape index (κ1) is 39.8. The number of allylic oxidation sites excluding steroid dienone is 1. The summed E-state index contributed by atoms with van der Waals surface area (Å²) in [6, 6.07) is 48.2. The van der Waals surface area contributed by atoms with E-state index in [4.69, 9.17) is 19.9 Å². The van der Waals surface area contributed by atoms with Gasteiger partial charge in [0.25, 0.3) is 0 Å². The molecule has 53 heavy (non-hydrogen) atoms. The second kappa shape index (κ2) is 20.1. The Morgan fingerprint density at radius 1 is 0.377 bits per heavy atom. The summed E-state index contributed by atoms with van der Waals surface area (Å²) in [7, 11) is 0. The Labute approximate surface area is 317 Å². The monoisotopic (exact) mass is 696 g/mol. The van der Waals surface area contributed by atoms with E-state index in [-0.39, 0.29) is 0 Å². The molecular weight excluding hydrogens is 645 g/mol. The molecule has 0 N–H and O–H groups in total. The van der Waals surface area contributed by atoms with Gasteiger partial charge in [-0.15, -0.1) is 0 Å². The zero-order valence-corrected chi connectivity index (χ0v) is 32.7. The molecule has 4 heteroatoms. The van der Waals surface area contributed by atoms with Crippen molar-refractivity contribution < 1.29 is 0 Å². The third-order valence-corrected chi connectivity index (χ3v) is 8.23.